The molecule has 1 unspecified atom stereocenters. The molecule has 0 amide bonds. The lowest BCUT2D eigenvalue weighted by Crippen LogP contribution is -2.35. The van der Waals surface area contributed by atoms with Crippen LogP contribution in [0.15, 0.2) is 10.7 Å². The van der Waals surface area contributed by atoms with Gasteiger partial charge in [0.25, 0.3) is 0 Å². The largest absolute Gasteiger partial charge is 0.271 e. The molecular formula is C12H23BrN4. The Kier molecular flexibility index (Phi) is 6.16. The third kappa shape index (κ3) is 3.53. The molecule has 1 heterocycles. The van der Waals surface area contributed by atoms with Gasteiger partial charge in [-0.2, -0.15) is 5.10 Å². The first-order valence-electron chi connectivity index (χ1n) is 6.29. The fraction of sp³-hybridized carbons (Fsp3) is 0.750. The van der Waals surface area contributed by atoms with Crippen molar-refractivity contribution in [3.8, 4) is 0 Å². The molecular weight excluding hydrogens is 280 g/mol. The number of nitrogens with two attached hydrogens (primary N) is 1. The van der Waals surface area contributed by atoms with Crippen molar-refractivity contribution in [3.63, 3.8) is 0 Å². The van der Waals surface area contributed by atoms with Gasteiger partial charge in [-0.15, -0.1) is 0 Å². The van der Waals surface area contributed by atoms with Crippen LogP contribution in [0.2, 0.25) is 0 Å². The molecule has 1 rings (SSSR count). The highest BCUT2D eigenvalue weighted by Crippen LogP contribution is 2.32. The average molecular weight is 303 g/mol. The first-order valence-corrected chi connectivity index (χ1v) is 7.08. The Morgan fingerprint density at radius 1 is 1.41 bits per heavy atom. The SMILES string of the molecule is CCCC(CCC)C(NN)c1c(Br)cnn1C. The van der Waals surface area contributed by atoms with E-state index in [2.05, 4.69) is 40.3 Å². The van der Waals surface area contributed by atoms with E-state index in [1.807, 2.05) is 17.9 Å². The zero-order chi connectivity index (χ0) is 12.8. The van der Waals surface area contributed by atoms with Crippen LogP contribution in [0.4, 0.5) is 0 Å². The summed E-state index contributed by atoms with van der Waals surface area (Å²) in [6.07, 6.45) is 6.55. The van der Waals surface area contributed by atoms with Crippen molar-refractivity contribution in [1.29, 1.82) is 0 Å². The van der Waals surface area contributed by atoms with E-state index in [-0.39, 0.29) is 6.04 Å². The van der Waals surface area contributed by atoms with E-state index in [1.165, 1.54) is 25.7 Å². The highest BCUT2D eigenvalue weighted by Gasteiger charge is 2.25. The van der Waals surface area contributed by atoms with Crippen LogP contribution in [-0.4, -0.2) is 9.78 Å². The second-order valence-corrected chi connectivity index (χ2v) is 5.34. The molecule has 98 valence electrons. The summed E-state index contributed by atoms with van der Waals surface area (Å²) >= 11 is 3.55. The minimum Gasteiger partial charge on any atom is -0.271 e. The van der Waals surface area contributed by atoms with E-state index in [0.29, 0.717) is 5.92 Å². The van der Waals surface area contributed by atoms with Crippen LogP contribution >= 0.6 is 15.9 Å². The third-order valence-corrected chi connectivity index (χ3v) is 3.81. The van der Waals surface area contributed by atoms with Gasteiger partial charge in [-0.25, -0.2) is 0 Å². The molecule has 1 aromatic rings. The van der Waals surface area contributed by atoms with E-state index >= 15 is 0 Å². The zero-order valence-corrected chi connectivity index (χ0v) is 12.5. The lowest BCUT2D eigenvalue weighted by molar-refractivity contribution is 0.306. The number of hydrogen-bond donors (Lipinski definition) is 2. The number of rotatable bonds is 7. The van der Waals surface area contributed by atoms with Crippen LogP contribution in [0.3, 0.4) is 0 Å². The molecule has 3 N–H and O–H groups in total. The highest BCUT2D eigenvalue weighted by atomic mass is 79.9. The lowest BCUT2D eigenvalue weighted by atomic mass is 9.89. The number of hydrogen-bond acceptors (Lipinski definition) is 3. The first kappa shape index (κ1) is 14.7. The van der Waals surface area contributed by atoms with Crippen LogP contribution in [0.25, 0.3) is 0 Å². The van der Waals surface area contributed by atoms with Crippen molar-refractivity contribution in [2.75, 3.05) is 0 Å². The zero-order valence-electron chi connectivity index (χ0n) is 10.9. The van der Waals surface area contributed by atoms with Gasteiger partial charge in [-0.05, 0) is 34.7 Å². The van der Waals surface area contributed by atoms with E-state index < -0.39 is 0 Å². The summed E-state index contributed by atoms with van der Waals surface area (Å²) in [6.45, 7) is 4.43. The number of halogens is 1. The molecule has 0 radical (unpaired) electrons. The van der Waals surface area contributed by atoms with E-state index in [1.54, 1.807) is 0 Å². The first-order chi connectivity index (χ1) is 8.15. The minimum atomic E-state index is 0.164. The van der Waals surface area contributed by atoms with Gasteiger partial charge in [0.2, 0.25) is 0 Å². The van der Waals surface area contributed by atoms with Gasteiger partial charge in [0, 0.05) is 7.05 Å². The standard InChI is InChI=1S/C12H23BrN4/c1-4-6-9(7-5-2)11(16-14)12-10(13)8-15-17(12)3/h8-9,11,16H,4-7,14H2,1-3H3. The van der Waals surface area contributed by atoms with Crippen molar-refractivity contribution in [1.82, 2.24) is 15.2 Å². The molecule has 0 aliphatic heterocycles. The lowest BCUT2D eigenvalue weighted by Gasteiger charge is -2.26. The molecule has 0 spiro atoms. The van der Waals surface area contributed by atoms with Crippen LogP contribution in [0.1, 0.15) is 51.3 Å². The van der Waals surface area contributed by atoms with Gasteiger partial charge >= 0.3 is 0 Å². The Bertz CT molecular complexity index is 312. The van der Waals surface area contributed by atoms with Gasteiger partial charge in [-0.3, -0.25) is 16.0 Å². The summed E-state index contributed by atoms with van der Waals surface area (Å²) in [4.78, 5) is 0. The summed E-state index contributed by atoms with van der Waals surface area (Å²) in [7, 11) is 1.96. The number of aromatic nitrogens is 2. The van der Waals surface area contributed by atoms with Crippen LogP contribution in [0, 0.1) is 5.92 Å². The molecule has 4 nitrogen and oxygen atoms in total. The Morgan fingerprint density at radius 3 is 2.35 bits per heavy atom. The summed E-state index contributed by atoms with van der Waals surface area (Å²) in [5.74, 6) is 6.31. The van der Waals surface area contributed by atoms with Crippen LogP contribution in [0.5, 0.6) is 0 Å². The van der Waals surface area contributed by atoms with Gasteiger partial charge < -0.3 is 0 Å². The fourth-order valence-electron chi connectivity index (χ4n) is 2.43. The second-order valence-electron chi connectivity index (χ2n) is 4.48. The molecule has 0 aliphatic rings. The molecule has 0 bridgehead atoms. The molecule has 1 aromatic heterocycles. The average Bonchev–Trinajstić information content (AvgIpc) is 2.62. The van der Waals surface area contributed by atoms with Crippen molar-refractivity contribution in [2.45, 2.75) is 45.6 Å². The Balaban J connectivity index is 2.95. The quantitative estimate of drug-likeness (QED) is 0.601. The second kappa shape index (κ2) is 7.13. The minimum absolute atomic E-state index is 0.164. The molecule has 0 aliphatic carbocycles. The van der Waals surface area contributed by atoms with Crippen molar-refractivity contribution >= 4 is 15.9 Å². The summed E-state index contributed by atoms with van der Waals surface area (Å²) in [6, 6.07) is 0.164. The Morgan fingerprint density at radius 2 is 2.00 bits per heavy atom. The van der Waals surface area contributed by atoms with E-state index in [0.717, 1.165) is 10.2 Å². The van der Waals surface area contributed by atoms with Crippen LogP contribution in [-0.2, 0) is 7.05 Å². The summed E-state index contributed by atoms with van der Waals surface area (Å²) in [5, 5.41) is 4.26. The van der Waals surface area contributed by atoms with Crippen molar-refractivity contribution in [2.24, 2.45) is 18.8 Å². The predicted octanol–water partition coefficient (Wildman–Crippen LogP) is 2.90. The number of nitrogens with zero attached hydrogens (tertiary/aromatic N) is 2. The molecule has 5 heteroatoms. The monoisotopic (exact) mass is 302 g/mol. The Hall–Kier alpha value is -0.390. The molecule has 0 saturated carbocycles. The third-order valence-electron chi connectivity index (χ3n) is 3.20. The number of nitrogens with one attached hydrogen (secondary N) is 1. The Labute approximate surface area is 112 Å². The molecule has 1 atom stereocenters. The molecule has 0 saturated heterocycles. The van der Waals surface area contributed by atoms with Crippen LogP contribution < -0.4 is 11.3 Å². The summed E-state index contributed by atoms with van der Waals surface area (Å²) in [5.41, 5.74) is 4.10. The molecule has 17 heavy (non-hydrogen) atoms. The van der Waals surface area contributed by atoms with Gasteiger partial charge in [0.15, 0.2) is 0 Å². The van der Waals surface area contributed by atoms with Crippen molar-refractivity contribution in [3.05, 3.63) is 16.4 Å². The van der Waals surface area contributed by atoms with E-state index in [9.17, 15) is 0 Å². The van der Waals surface area contributed by atoms with E-state index in [4.69, 9.17) is 5.84 Å². The smallest absolute Gasteiger partial charge is 0.0708 e. The summed E-state index contributed by atoms with van der Waals surface area (Å²) < 4.78 is 2.92. The highest BCUT2D eigenvalue weighted by molar-refractivity contribution is 9.10. The van der Waals surface area contributed by atoms with Gasteiger partial charge in [0.1, 0.15) is 0 Å². The normalized spacial score (nSPS) is 13.3. The maximum Gasteiger partial charge on any atom is 0.0708 e. The van der Waals surface area contributed by atoms with Gasteiger partial charge in [0.05, 0.1) is 22.4 Å². The maximum atomic E-state index is 5.75. The van der Waals surface area contributed by atoms with Crippen molar-refractivity contribution < 1.29 is 0 Å². The maximum absolute atomic E-state index is 5.75. The topological polar surface area (TPSA) is 55.9 Å². The number of hydrazine groups is 1. The predicted molar refractivity (Wildman–Crippen MR) is 74.3 cm³/mol. The van der Waals surface area contributed by atoms with Gasteiger partial charge in [-0.1, -0.05) is 26.7 Å². The number of aryl methyl sites for hydroxylation is 1. The molecule has 0 aromatic carbocycles. The molecule has 0 fully saturated rings. The fourth-order valence-corrected chi connectivity index (χ4v) is 3.02.